The second-order valence-corrected chi connectivity index (χ2v) is 5.64. The zero-order valence-electron chi connectivity index (χ0n) is 9.92. The molecule has 1 fully saturated rings. The first-order chi connectivity index (χ1) is 7.01. The highest BCUT2D eigenvalue weighted by atomic mass is 16.3. The number of hydrogen-bond acceptors (Lipinski definition) is 1. The summed E-state index contributed by atoms with van der Waals surface area (Å²) in [6.07, 6.45) is 7.68. The second-order valence-electron chi connectivity index (χ2n) is 5.64. The van der Waals surface area contributed by atoms with E-state index in [1.54, 1.807) is 0 Å². The van der Waals surface area contributed by atoms with E-state index >= 15 is 0 Å². The molecule has 2 aliphatic rings. The van der Waals surface area contributed by atoms with Gasteiger partial charge in [-0.1, -0.05) is 30.7 Å². The SMILES string of the molecule is C=C(C)C1CCC2(C)CCC(O)C=C2C1. The van der Waals surface area contributed by atoms with Gasteiger partial charge in [-0.2, -0.15) is 0 Å². The lowest BCUT2D eigenvalue weighted by Crippen LogP contribution is -2.32. The van der Waals surface area contributed by atoms with E-state index in [0.717, 1.165) is 19.3 Å². The molecule has 0 bridgehead atoms. The Balaban J connectivity index is 2.19. The maximum atomic E-state index is 9.69. The first-order valence-corrected chi connectivity index (χ1v) is 6.06. The van der Waals surface area contributed by atoms with Crippen molar-refractivity contribution in [2.75, 3.05) is 0 Å². The smallest absolute Gasteiger partial charge is 0.0724 e. The maximum absolute atomic E-state index is 9.69. The molecule has 0 saturated heterocycles. The Morgan fingerprint density at radius 2 is 2.13 bits per heavy atom. The Labute approximate surface area is 92.9 Å². The number of fused-ring (bicyclic) bond motifs is 1. The third kappa shape index (κ3) is 2.03. The van der Waals surface area contributed by atoms with Crippen molar-refractivity contribution in [1.82, 2.24) is 0 Å². The van der Waals surface area contributed by atoms with E-state index in [0.29, 0.717) is 11.3 Å². The van der Waals surface area contributed by atoms with Gasteiger partial charge in [-0.25, -0.2) is 0 Å². The van der Waals surface area contributed by atoms with Gasteiger partial charge in [0.15, 0.2) is 0 Å². The van der Waals surface area contributed by atoms with Crippen LogP contribution in [0, 0.1) is 11.3 Å². The van der Waals surface area contributed by atoms with E-state index in [-0.39, 0.29) is 6.10 Å². The van der Waals surface area contributed by atoms with Gasteiger partial charge in [-0.05, 0) is 50.4 Å². The lowest BCUT2D eigenvalue weighted by molar-refractivity contribution is 0.144. The summed E-state index contributed by atoms with van der Waals surface area (Å²) in [6.45, 7) is 8.56. The normalized spacial score (nSPS) is 40.6. The molecule has 3 atom stereocenters. The van der Waals surface area contributed by atoms with Crippen LogP contribution in [-0.4, -0.2) is 11.2 Å². The van der Waals surface area contributed by atoms with Crippen molar-refractivity contribution in [3.8, 4) is 0 Å². The van der Waals surface area contributed by atoms with Crippen LogP contribution in [0.2, 0.25) is 0 Å². The van der Waals surface area contributed by atoms with Crippen molar-refractivity contribution in [2.24, 2.45) is 11.3 Å². The quantitative estimate of drug-likeness (QED) is 0.651. The summed E-state index contributed by atoms with van der Waals surface area (Å²) in [5, 5.41) is 9.69. The molecule has 1 nitrogen and oxygen atoms in total. The highest BCUT2D eigenvalue weighted by Gasteiger charge is 2.38. The summed E-state index contributed by atoms with van der Waals surface area (Å²) in [5.41, 5.74) is 3.17. The topological polar surface area (TPSA) is 20.2 Å². The van der Waals surface area contributed by atoms with Crippen LogP contribution in [0.1, 0.15) is 46.0 Å². The van der Waals surface area contributed by atoms with Gasteiger partial charge in [0.2, 0.25) is 0 Å². The molecular formula is C14H22O. The molecule has 0 heterocycles. The molecule has 1 heteroatoms. The van der Waals surface area contributed by atoms with Gasteiger partial charge in [0, 0.05) is 0 Å². The van der Waals surface area contributed by atoms with Crippen molar-refractivity contribution in [3.05, 3.63) is 23.8 Å². The molecule has 1 N–H and O–H groups in total. The van der Waals surface area contributed by atoms with Crippen LogP contribution in [0.3, 0.4) is 0 Å². The number of aliphatic hydroxyl groups is 1. The molecule has 84 valence electrons. The summed E-state index contributed by atoms with van der Waals surface area (Å²) in [4.78, 5) is 0. The Hall–Kier alpha value is -0.560. The molecule has 0 aromatic carbocycles. The highest BCUT2D eigenvalue weighted by molar-refractivity contribution is 5.24. The predicted octanol–water partition coefficient (Wildman–Crippen LogP) is 3.45. The fourth-order valence-electron chi connectivity index (χ4n) is 3.02. The third-order valence-corrected chi connectivity index (χ3v) is 4.37. The Morgan fingerprint density at radius 3 is 2.80 bits per heavy atom. The molecule has 15 heavy (non-hydrogen) atoms. The molecule has 0 aromatic heterocycles. The molecule has 2 rings (SSSR count). The fraction of sp³-hybridized carbons (Fsp3) is 0.714. The van der Waals surface area contributed by atoms with Crippen LogP contribution < -0.4 is 0 Å². The van der Waals surface area contributed by atoms with E-state index in [1.165, 1.54) is 24.0 Å². The minimum Gasteiger partial charge on any atom is -0.389 e. The number of hydrogen-bond donors (Lipinski definition) is 1. The van der Waals surface area contributed by atoms with E-state index in [9.17, 15) is 5.11 Å². The van der Waals surface area contributed by atoms with Crippen molar-refractivity contribution >= 4 is 0 Å². The van der Waals surface area contributed by atoms with E-state index < -0.39 is 0 Å². The Morgan fingerprint density at radius 1 is 1.47 bits per heavy atom. The van der Waals surface area contributed by atoms with Gasteiger partial charge in [0.05, 0.1) is 6.10 Å². The average molecular weight is 206 g/mol. The molecule has 0 aromatic rings. The van der Waals surface area contributed by atoms with Gasteiger partial charge in [-0.15, -0.1) is 0 Å². The lowest BCUT2D eigenvalue weighted by Gasteiger charge is -2.43. The largest absolute Gasteiger partial charge is 0.389 e. The summed E-state index contributed by atoms with van der Waals surface area (Å²) >= 11 is 0. The molecule has 2 aliphatic carbocycles. The molecule has 0 spiro atoms. The van der Waals surface area contributed by atoms with Gasteiger partial charge in [-0.3, -0.25) is 0 Å². The molecule has 1 saturated carbocycles. The minimum atomic E-state index is -0.197. The molecule has 0 radical (unpaired) electrons. The summed E-state index contributed by atoms with van der Waals surface area (Å²) in [7, 11) is 0. The molecule has 3 unspecified atom stereocenters. The van der Waals surface area contributed by atoms with Crippen molar-refractivity contribution in [1.29, 1.82) is 0 Å². The van der Waals surface area contributed by atoms with Gasteiger partial charge in [0.25, 0.3) is 0 Å². The van der Waals surface area contributed by atoms with Crippen LogP contribution >= 0.6 is 0 Å². The number of aliphatic hydroxyl groups excluding tert-OH is 1. The zero-order chi connectivity index (χ0) is 11.1. The first kappa shape index (κ1) is 10.9. The minimum absolute atomic E-state index is 0.197. The van der Waals surface area contributed by atoms with Gasteiger partial charge < -0.3 is 5.11 Å². The summed E-state index contributed by atoms with van der Waals surface area (Å²) in [5.74, 6) is 0.648. The van der Waals surface area contributed by atoms with Crippen molar-refractivity contribution < 1.29 is 5.11 Å². The van der Waals surface area contributed by atoms with Crippen LogP contribution in [-0.2, 0) is 0 Å². The van der Waals surface area contributed by atoms with Crippen molar-refractivity contribution in [2.45, 2.75) is 52.1 Å². The zero-order valence-corrected chi connectivity index (χ0v) is 9.92. The number of rotatable bonds is 1. The standard InChI is InChI=1S/C14H22O/c1-10(2)11-4-6-14(3)7-5-13(15)9-12(14)8-11/h9,11,13,15H,1,4-8H2,2-3H3. The van der Waals surface area contributed by atoms with Crippen LogP contribution in [0.25, 0.3) is 0 Å². The van der Waals surface area contributed by atoms with Gasteiger partial charge in [0.1, 0.15) is 0 Å². The van der Waals surface area contributed by atoms with Gasteiger partial charge >= 0.3 is 0 Å². The Bertz CT molecular complexity index is 302. The monoisotopic (exact) mass is 206 g/mol. The van der Waals surface area contributed by atoms with Crippen molar-refractivity contribution in [3.63, 3.8) is 0 Å². The summed E-state index contributed by atoms with van der Waals surface area (Å²) in [6, 6.07) is 0. The highest BCUT2D eigenvalue weighted by Crippen LogP contribution is 2.49. The van der Waals surface area contributed by atoms with E-state index in [4.69, 9.17) is 0 Å². The molecule has 0 aliphatic heterocycles. The van der Waals surface area contributed by atoms with E-state index in [2.05, 4.69) is 26.5 Å². The van der Waals surface area contributed by atoms with Crippen LogP contribution in [0.15, 0.2) is 23.8 Å². The number of allylic oxidation sites excluding steroid dienone is 2. The average Bonchev–Trinajstić information content (AvgIpc) is 2.18. The fourth-order valence-corrected chi connectivity index (χ4v) is 3.02. The lowest BCUT2D eigenvalue weighted by atomic mass is 9.62. The summed E-state index contributed by atoms with van der Waals surface area (Å²) < 4.78 is 0. The van der Waals surface area contributed by atoms with E-state index in [1.807, 2.05) is 0 Å². The first-order valence-electron chi connectivity index (χ1n) is 6.06. The molecular weight excluding hydrogens is 184 g/mol. The third-order valence-electron chi connectivity index (χ3n) is 4.37. The maximum Gasteiger partial charge on any atom is 0.0724 e. The molecule has 0 amide bonds. The second kappa shape index (κ2) is 3.79. The van der Waals surface area contributed by atoms with Crippen LogP contribution in [0.4, 0.5) is 0 Å². The van der Waals surface area contributed by atoms with Crippen LogP contribution in [0.5, 0.6) is 0 Å². The Kier molecular flexibility index (Phi) is 2.76. The predicted molar refractivity (Wildman–Crippen MR) is 63.6 cm³/mol.